The van der Waals surface area contributed by atoms with Gasteiger partial charge in [-0.05, 0) is 24.1 Å². The predicted octanol–water partition coefficient (Wildman–Crippen LogP) is 2.13. The van der Waals surface area contributed by atoms with Crippen molar-refractivity contribution in [3.05, 3.63) is 58.5 Å². The molecule has 7 heteroatoms. The Morgan fingerprint density at radius 3 is 2.81 bits per heavy atom. The number of carbonyl (C=O) groups is 1. The molecule has 1 aromatic carbocycles. The number of amides is 1. The van der Waals surface area contributed by atoms with Crippen LogP contribution in [0.4, 0.5) is 10.2 Å². The molecule has 21 heavy (non-hydrogen) atoms. The molecule has 0 aliphatic rings. The van der Waals surface area contributed by atoms with Gasteiger partial charge in [0, 0.05) is 12.7 Å². The Morgan fingerprint density at radius 1 is 1.38 bits per heavy atom. The molecule has 0 atom stereocenters. The van der Waals surface area contributed by atoms with E-state index in [1.807, 2.05) is 0 Å². The van der Waals surface area contributed by atoms with E-state index < -0.39 is 0 Å². The summed E-state index contributed by atoms with van der Waals surface area (Å²) in [5, 5.41) is 2.93. The van der Waals surface area contributed by atoms with Gasteiger partial charge in [0.05, 0.1) is 10.6 Å². The van der Waals surface area contributed by atoms with Crippen molar-refractivity contribution in [3.8, 4) is 0 Å². The summed E-state index contributed by atoms with van der Waals surface area (Å²) in [5.41, 5.74) is 3.18. The van der Waals surface area contributed by atoms with Gasteiger partial charge < -0.3 is 10.7 Å². The fourth-order valence-electron chi connectivity index (χ4n) is 1.78. The molecule has 0 aliphatic carbocycles. The summed E-state index contributed by atoms with van der Waals surface area (Å²) in [4.78, 5) is 15.8. The number of benzene rings is 1. The lowest BCUT2D eigenvalue weighted by Gasteiger charge is -2.07. The summed E-state index contributed by atoms with van der Waals surface area (Å²) in [5.74, 6) is 4.88. The number of aromatic nitrogens is 1. The number of halogens is 2. The van der Waals surface area contributed by atoms with Crippen LogP contribution in [0.3, 0.4) is 0 Å². The molecule has 2 rings (SSSR count). The number of rotatable bonds is 5. The molecule has 0 spiro atoms. The summed E-state index contributed by atoms with van der Waals surface area (Å²) < 4.78 is 13.4. The molecule has 5 nitrogen and oxygen atoms in total. The molecule has 1 aromatic heterocycles. The fraction of sp³-hybridized carbons (Fsp3) is 0.143. The highest BCUT2D eigenvalue weighted by molar-refractivity contribution is 6.33. The van der Waals surface area contributed by atoms with E-state index in [4.69, 9.17) is 17.4 Å². The van der Waals surface area contributed by atoms with Gasteiger partial charge in [0.15, 0.2) is 5.82 Å². The van der Waals surface area contributed by atoms with Crippen LogP contribution in [0.1, 0.15) is 15.9 Å². The standard InChI is InChI=1S/C14H14ClFN4O/c15-11-7-10(8-19-13(11)20-17)14(21)18-6-5-9-3-1-2-4-12(9)16/h1-4,7-8H,5-6,17H2,(H,18,21)(H,19,20). The number of nitrogen functional groups attached to an aromatic ring is 1. The van der Waals surface area contributed by atoms with Gasteiger partial charge in [-0.2, -0.15) is 0 Å². The van der Waals surface area contributed by atoms with Gasteiger partial charge in [0.2, 0.25) is 0 Å². The maximum atomic E-state index is 13.4. The van der Waals surface area contributed by atoms with Crippen LogP contribution in [0.5, 0.6) is 0 Å². The van der Waals surface area contributed by atoms with Gasteiger partial charge in [-0.25, -0.2) is 15.2 Å². The smallest absolute Gasteiger partial charge is 0.252 e. The third kappa shape index (κ3) is 3.90. The number of pyridine rings is 1. The number of carbonyl (C=O) groups excluding carboxylic acids is 1. The Morgan fingerprint density at radius 2 is 2.14 bits per heavy atom. The average molecular weight is 309 g/mol. The normalized spacial score (nSPS) is 10.2. The Balaban J connectivity index is 1.93. The fourth-order valence-corrected chi connectivity index (χ4v) is 2.00. The molecule has 0 saturated carbocycles. The van der Waals surface area contributed by atoms with E-state index in [1.54, 1.807) is 18.2 Å². The van der Waals surface area contributed by atoms with Gasteiger partial charge in [0.1, 0.15) is 5.82 Å². The van der Waals surface area contributed by atoms with E-state index in [9.17, 15) is 9.18 Å². The lowest BCUT2D eigenvalue weighted by atomic mass is 10.1. The van der Waals surface area contributed by atoms with Gasteiger partial charge in [-0.3, -0.25) is 4.79 Å². The van der Waals surface area contributed by atoms with Crippen molar-refractivity contribution in [2.24, 2.45) is 5.84 Å². The highest BCUT2D eigenvalue weighted by Gasteiger charge is 2.09. The summed E-state index contributed by atoms with van der Waals surface area (Å²) in [6.45, 7) is 0.314. The zero-order chi connectivity index (χ0) is 15.2. The topological polar surface area (TPSA) is 80.0 Å². The van der Waals surface area contributed by atoms with Crippen molar-refractivity contribution in [1.29, 1.82) is 0 Å². The molecular formula is C14H14ClFN4O. The lowest BCUT2D eigenvalue weighted by Crippen LogP contribution is -2.26. The van der Waals surface area contributed by atoms with Crippen LogP contribution in [-0.2, 0) is 6.42 Å². The van der Waals surface area contributed by atoms with Crippen LogP contribution in [0.2, 0.25) is 5.02 Å². The first kappa shape index (κ1) is 15.2. The number of anilines is 1. The molecule has 0 aliphatic heterocycles. The van der Waals surface area contributed by atoms with Crippen molar-refractivity contribution in [2.45, 2.75) is 6.42 Å². The molecule has 2 aromatic rings. The number of hydrogen-bond donors (Lipinski definition) is 3. The van der Waals surface area contributed by atoms with E-state index >= 15 is 0 Å². The second kappa shape index (κ2) is 7.01. The summed E-state index contributed by atoms with van der Waals surface area (Å²) >= 11 is 5.89. The van der Waals surface area contributed by atoms with Crippen LogP contribution in [0.25, 0.3) is 0 Å². The number of hydrazine groups is 1. The van der Waals surface area contributed by atoms with Gasteiger partial charge in [-0.1, -0.05) is 29.8 Å². The zero-order valence-electron chi connectivity index (χ0n) is 11.1. The summed E-state index contributed by atoms with van der Waals surface area (Å²) in [6.07, 6.45) is 1.77. The van der Waals surface area contributed by atoms with Crippen molar-refractivity contribution in [1.82, 2.24) is 10.3 Å². The van der Waals surface area contributed by atoms with Crippen molar-refractivity contribution in [2.75, 3.05) is 12.0 Å². The monoisotopic (exact) mass is 308 g/mol. The van der Waals surface area contributed by atoms with Gasteiger partial charge in [-0.15, -0.1) is 0 Å². The quantitative estimate of drug-likeness (QED) is 0.584. The number of nitrogens with one attached hydrogen (secondary N) is 2. The maximum Gasteiger partial charge on any atom is 0.252 e. The summed E-state index contributed by atoms with van der Waals surface area (Å²) in [6, 6.07) is 7.91. The highest BCUT2D eigenvalue weighted by atomic mass is 35.5. The largest absolute Gasteiger partial charge is 0.352 e. The Bertz CT molecular complexity index is 651. The van der Waals surface area contributed by atoms with Crippen LogP contribution in [0, 0.1) is 5.82 Å². The lowest BCUT2D eigenvalue weighted by molar-refractivity contribution is 0.0953. The van der Waals surface area contributed by atoms with E-state index in [0.717, 1.165) is 0 Å². The minimum atomic E-state index is -0.329. The van der Waals surface area contributed by atoms with E-state index in [-0.39, 0.29) is 16.7 Å². The molecule has 0 saturated heterocycles. The maximum absolute atomic E-state index is 13.4. The first-order chi connectivity index (χ1) is 10.1. The first-order valence-electron chi connectivity index (χ1n) is 6.25. The van der Waals surface area contributed by atoms with E-state index in [1.165, 1.54) is 18.3 Å². The van der Waals surface area contributed by atoms with Gasteiger partial charge in [0.25, 0.3) is 5.91 Å². The third-order valence-electron chi connectivity index (χ3n) is 2.88. The molecular weight excluding hydrogens is 295 g/mol. The Hall–Kier alpha value is -2.18. The first-order valence-corrected chi connectivity index (χ1v) is 6.63. The van der Waals surface area contributed by atoms with Crippen molar-refractivity contribution in [3.63, 3.8) is 0 Å². The zero-order valence-corrected chi connectivity index (χ0v) is 11.8. The highest BCUT2D eigenvalue weighted by Crippen LogP contribution is 2.18. The van der Waals surface area contributed by atoms with Crippen molar-refractivity contribution >= 4 is 23.3 Å². The molecule has 110 valence electrons. The molecule has 0 radical (unpaired) electrons. The van der Waals surface area contributed by atoms with Crippen LogP contribution < -0.4 is 16.6 Å². The minimum absolute atomic E-state index is 0.249. The minimum Gasteiger partial charge on any atom is -0.352 e. The average Bonchev–Trinajstić information content (AvgIpc) is 2.49. The molecule has 0 fully saturated rings. The molecule has 0 unspecified atom stereocenters. The van der Waals surface area contributed by atoms with Crippen molar-refractivity contribution < 1.29 is 9.18 Å². The Kier molecular flexibility index (Phi) is 5.08. The Labute approximate surface area is 126 Å². The van der Waals surface area contributed by atoms with Crippen LogP contribution in [0.15, 0.2) is 36.5 Å². The summed E-state index contributed by atoms with van der Waals surface area (Å²) in [7, 11) is 0. The number of hydrogen-bond acceptors (Lipinski definition) is 4. The number of nitrogens with two attached hydrogens (primary N) is 1. The van der Waals surface area contributed by atoms with E-state index in [2.05, 4.69) is 15.7 Å². The second-order valence-electron chi connectivity index (χ2n) is 4.30. The van der Waals surface area contributed by atoms with Crippen LogP contribution >= 0.6 is 11.6 Å². The second-order valence-corrected chi connectivity index (χ2v) is 4.70. The SMILES string of the molecule is NNc1ncc(C(=O)NCCc2ccccc2F)cc1Cl. The molecule has 0 bridgehead atoms. The van der Waals surface area contributed by atoms with E-state index in [0.29, 0.717) is 29.9 Å². The van der Waals surface area contributed by atoms with Crippen LogP contribution in [-0.4, -0.2) is 17.4 Å². The predicted molar refractivity (Wildman–Crippen MR) is 79.5 cm³/mol. The molecule has 4 N–H and O–H groups in total. The molecule has 1 amide bonds. The number of nitrogens with zero attached hydrogens (tertiary/aromatic N) is 1. The third-order valence-corrected chi connectivity index (χ3v) is 3.17. The molecule has 1 heterocycles. The van der Waals surface area contributed by atoms with Gasteiger partial charge >= 0.3 is 0 Å².